The summed E-state index contributed by atoms with van der Waals surface area (Å²) in [5.41, 5.74) is 1.44. The van der Waals surface area contributed by atoms with E-state index in [1.807, 2.05) is 32.0 Å². The van der Waals surface area contributed by atoms with E-state index in [1.54, 1.807) is 31.5 Å². The van der Waals surface area contributed by atoms with Crippen molar-refractivity contribution in [2.24, 2.45) is 0 Å². The molecule has 1 N–H and O–H groups in total. The summed E-state index contributed by atoms with van der Waals surface area (Å²) in [5, 5.41) is 3.94. The molecule has 1 aliphatic rings. The molecule has 1 atom stereocenters. The van der Waals surface area contributed by atoms with Crippen LogP contribution in [0.25, 0.3) is 0 Å². The van der Waals surface area contributed by atoms with Gasteiger partial charge in [-0.05, 0) is 49.7 Å². The van der Waals surface area contributed by atoms with Gasteiger partial charge in [-0.2, -0.15) is 4.31 Å². The van der Waals surface area contributed by atoms with Crippen molar-refractivity contribution in [1.82, 2.24) is 14.3 Å². The van der Waals surface area contributed by atoms with Crippen LogP contribution in [0.15, 0.2) is 47.5 Å². The van der Waals surface area contributed by atoms with Gasteiger partial charge in [0.25, 0.3) is 0 Å². The van der Waals surface area contributed by atoms with Crippen molar-refractivity contribution in [3.63, 3.8) is 0 Å². The zero-order valence-corrected chi connectivity index (χ0v) is 19.2. The lowest BCUT2D eigenvalue weighted by atomic mass is 10.2. The third-order valence-electron chi connectivity index (χ3n) is 4.99. The van der Waals surface area contributed by atoms with Crippen LogP contribution >= 0.6 is 11.3 Å². The number of morpholine rings is 1. The van der Waals surface area contributed by atoms with Crippen molar-refractivity contribution in [1.29, 1.82) is 0 Å². The second-order valence-electron chi connectivity index (χ2n) is 7.20. The molecule has 1 saturated heterocycles. The number of methoxy groups -OCH3 is 1. The van der Waals surface area contributed by atoms with Gasteiger partial charge in [-0.25, -0.2) is 18.4 Å². The van der Waals surface area contributed by atoms with Crippen molar-refractivity contribution in [2.45, 2.75) is 24.8 Å². The number of hydrogen-bond donors (Lipinski definition) is 1. The number of pyridine rings is 1. The first-order valence-corrected chi connectivity index (χ1v) is 12.1. The lowest BCUT2D eigenvalue weighted by Crippen LogP contribution is -2.42. The third kappa shape index (κ3) is 4.72. The molecule has 1 unspecified atom stereocenters. The molecule has 8 nitrogen and oxygen atoms in total. The molecule has 164 valence electrons. The molecular formula is C21H24N4O4S2. The summed E-state index contributed by atoms with van der Waals surface area (Å²) in [7, 11) is -2.10. The molecule has 1 fully saturated rings. The second-order valence-corrected chi connectivity index (χ2v) is 10.4. The summed E-state index contributed by atoms with van der Waals surface area (Å²) in [4.78, 5) is 10.3. The molecule has 0 amide bonds. The fraction of sp³-hybridized carbons (Fsp3) is 0.333. The lowest BCUT2D eigenvalue weighted by molar-refractivity contribution is -0.00486. The average Bonchev–Trinajstić information content (AvgIpc) is 3.18. The van der Waals surface area contributed by atoms with E-state index in [4.69, 9.17) is 9.47 Å². The Balaban J connectivity index is 1.53. The van der Waals surface area contributed by atoms with Crippen molar-refractivity contribution in [2.75, 3.05) is 32.1 Å². The largest absolute Gasteiger partial charge is 0.496 e. The normalized spacial score (nSPS) is 17.5. The average molecular weight is 461 g/mol. The Kier molecular flexibility index (Phi) is 6.24. The maximum absolute atomic E-state index is 13.2. The number of anilines is 2. The van der Waals surface area contributed by atoms with Gasteiger partial charge in [0.2, 0.25) is 10.0 Å². The van der Waals surface area contributed by atoms with Crippen LogP contribution in [0.5, 0.6) is 5.75 Å². The number of aryl methyl sites for hydroxylation is 2. The molecule has 0 radical (unpaired) electrons. The van der Waals surface area contributed by atoms with Crippen molar-refractivity contribution >= 4 is 32.3 Å². The highest BCUT2D eigenvalue weighted by Gasteiger charge is 2.32. The zero-order chi connectivity index (χ0) is 22.0. The summed E-state index contributed by atoms with van der Waals surface area (Å²) in [6.45, 7) is 4.60. The molecule has 0 saturated carbocycles. The van der Waals surface area contributed by atoms with E-state index in [-0.39, 0.29) is 11.4 Å². The first-order chi connectivity index (χ1) is 14.9. The van der Waals surface area contributed by atoms with Crippen LogP contribution in [-0.4, -0.2) is 49.5 Å². The summed E-state index contributed by atoms with van der Waals surface area (Å²) in [5.74, 6) is 1.30. The topological polar surface area (TPSA) is 93.7 Å². The maximum Gasteiger partial charge on any atom is 0.243 e. The van der Waals surface area contributed by atoms with Gasteiger partial charge < -0.3 is 14.8 Å². The first-order valence-electron chi connectivity index (χ1n) is 9.79. The van der Waals surface area contributed by atoms with E-state index in [0.717, 1.165) is 15.6 Å². The van der Waals surface area contributed by atoms with E-state index in [9.17, 15) is 8.42 Å². The quantitative estimate of drug-likeness (QED) is 0.600. The molecule has 2 aromatic heterocycles. The smallest absolute Gasteiger partial charge is 0.243 e. The minimum absolute atomic E-state index is 0.195. The highest BCUT2D eigenvalue weighted by atomic mass is 32.2. The van der Waals surface area contributed by atoms with Crippen molar-refractivity contribution in [3.8, 4) is 5.75 Å². The Morgan fingerprint density at radius 1 is 1.26 bits per heavy atom. The Morgan fingerprint density at radius 3 is 2.81 bits per heavy atom. The Morgan fingerprint density at radius 2 is 2.10 bits per heavy atom. The summed E-state index contributed by atoms with van der Waals surface area (Å²) < 4.78 is 39.0. The molecule has 31 heavy (non-hydrogen) atoms. The number of nitrogens with one attached hydrogen (secondary N) is 1. The van der Waals surface area contributed by atoms with Crippen LogP contribution in [0.2, 0.25) is 0 Å². The molecule has 3 aromatic rings. The highest BCUT2D eigenvalue weighted by molar-refractivity contribution is 7.89. The Labute approximate surface area is 185 Å². The fourth-order valence-electron chi connectivity index (χ4n) is 3.41. The third-order valence-corrected chi connectivity index (χ3v) is 7.68. The minimum Gasteiger partial charge on any atom is -0.496 e. The van der Waals surface area contributed by atoms with E-state index in [0.29, 0.717) is 30.4 Å². The summed E-state index contributed by atoms with van der Waals surface area (Å²) in [6, 6.07) is 10.4. The van der Waals surface area contributed by atoms with Crippen LogP contribution in [0.3, 0.4) is 0 Å². The van der Waals surface area contributed by atoms with Crippen molar-refractivity contribution < 1.29 is 17.9 Å². The van der Waals surface area contributed by atoms with E-state index >= 15 is 0 Å². The summed E-state index contributed by atoms with van der Waals surface area (Å²) >= 11 is 1.54. The highest BCUT2D eigenvalue weighted by Crippen LogP contribution is 2.29. The standard InChI is InChI=1S/C21H24N4O4S2/c1-14-11-16(7-8-18(14)28-3)31(26,27)25-9-10-29-19(13-25)17-5-4-6-20(23-17)24-21-22-12-15(2)30-21/h4-8,11-12,19H,9-10,13H2,1-3H3,(H,22,23,24). The number of benzene rings is 1. The second kappa shape index (κ2) is 8.91. The van der Waals surface area contributed by atoms with Crippen LogP contribution in [0.1, 0.15) is 22.2 Å². The Bertz CT molecular complexity index is 1180. The molecule has 1 aliphatic heterocycles. The number of aromatic nitrogens is 2. The predicted octanol–water partition coefficient (Wildman–Crippen LogP) is 3.67. The number of ether oxygens (including phenoxy) is 2. The molecule has 0 bridgehead atoms. The molecule has 3 heterocycles. The minimum atomic E-state index is -3.66. The van der Waals surface area contributed by atoms with Crippen LogP contribution in [0, 0.1) is 13.8 Å². The first kappa shape index (κ1) is 21.7. The monoisotopic (exact) mass is 460 g/mol. The summed E-state index contributed by atoms with van der Waals surface area (Å²) in [6.07, 6.45) is 1.34. The molecule has 10 heteroatoms. The number of hydrogen-bond acceptors (Lipinski definition) is 8. The van der Waals surface area contributed by atoms with Gasteiger partial charge in [0.15, 0.2) is 5.13 Å². The SMILES string of the molecule is COc1ccc(S(=O)(=O)N2CCOC(c3cccc(Nc4ncc(C)s4)n3)C2)cc1C. The maximum atomic E-state index is 13.2. The van der Waals surface area contributed by atoms with Crippen molar-refractivity contribution in [3.05, 3.63) is 58.7 Å². The predicted molar refractivity (Wildman–Crippen MR) is 120 cm³/mol. The number of sulfonamides is 1. The van der Waals surface area contributed by atoms with Crippen LogP contribution in [-0.2, 0) is 14.8 Å². The van der Waals surface area contributed by atoms with Crippen LogP contribution in [0.4, 0.5) is 10.9 Å². The van der Waals surface area contributed by atoms with Gasteiger partial charge >= 0.3 is 0 Å². The molecule has 0 aliphatic carbocycles. The molecular weight excluding hydrogens is 436 g/mol. The van der Waals surface area contributed by atoms with E-state index in [2.05, 4.69) is 15.3 Å². The van der Waals surface area contributed by atoms with Gasteiger partial charge in [0.05, 0.1) is 24.3 Å². The fourth-order valence-corrected chi connectivity index (χ4v) is 5.59. The Hall–Kier alpha value is -2.53. The molecule has 4 rings (SSSR count). The zero-order valence-electron chi connectivity index (χ0n) is 17.5. The van der Waals surface area contributed by atoms with E-state index < -0.39 is 16.1 Å². The van der Waals surface area contributed by atoms with Gasteiger partial charge in [-0.15, -0.1) is 11.3 Å². The number of thiazole rings is 1. The van der Waals surface area contributed by atoms with E-state index in [1.165, 1.54) is 15.6 Å². The number of rotatable bonds is 6. The lowest BCUT2D eigenvalue weighted by Gasteiger charge is -2.32. The van der Waals surface area contributed by atoms with Gasteiger partial charge in [-0.3, -0.25) is 0 Å². The van der Waals surface area contributed by atoms with Gasteiger partial charge in [-0.1, -0.05) is 6.07 Å². The van der Waals surface area contributed by atoms with Gasteiger partial charge in [0, 0.05) is 24.2 Å². The molecule has 0 spiro atoms. The van der Waals surface area contributed by atoms with Gasteiger partial charge in [0.1, 0.15) is 17.7 Å². The molecule has 1 aromatic carbocycles. The van der Waals surface area contributed by atoms with Crippen LogP contribution < -0.4 is 10.1 Å². The number of nitrogens with zero attached hydrogens (tertiary/aromatic N) is 3.